The van der Waals surface area contributed by atoms with Gasteiger partial charge in [0.1, 0.15) is 6.04 Å². The molecule has 1 saturated heterocycles. The SMILES string of the molecule is CC(NC(=O)NOCc1ccccc1)C(=O)N1CCCCC1C. The van der Waals surface area contributed by atoms with Crippen LogP contribution in [0, 0.1) is 0 Å². The second kappa shape index (κ2) is 8.53. The van der Waals surface area contributed by atoms with Gasteiger partial charge in [0.15, 0.2) is 0 Å². The van der Waals surface area contributed by atoms with Crippen molar-refractivity contribution >= 4 is 11.9 Å². The topological polar surface area (TPSA) is 70.7 Å². The van der Waals surface area contributed by atoms with Crippen molar-refractivity contribution in [3.8, 4) is 0 Å². The van der Waals surface area contributed by atoms with Gasteiger partial charge in [-0.3, -0.25) is 9.63 Å². The van der Waals surface area contributed by atoms with E-state index in [1.165, 1.54) is 0 Å². The summed E-state index contributed by atoms with van der Waals surface area (Å²) in [4.78, 5) is 31.2. The maximum Gasteiger partial charge on any atom is 0.339 e. The third-order valence-electron chi connectivity index (χ3n) is 4.05. The van der Waals surface area contributed by atoms with E-state index in [0.717, 1.165) is 31.4 Å². The maximum atomic E-state index is 12.4. The van der Waals surface area contributed by atoms with E-state index in [4.69, 9.17) is 4.84 Å². The number of rotatable bonds is 5. The zero-order valence-electron chi connectivity index (χ0n) is 13.7. The molecule has 2 atom stereocenters. The fraction of sp³-hybridized carbons (Fsp3) is 0.529. The van der Waals surface area contributed by atoms with Gasteiger partial charge in [-0.25, -0.2) is 10.3 Å². The summed E-state index contributed by atoms with van der Waals surface area (Å²) in [7, 11) is 0. The van der Waals surface area contributed by atoms with Crippen molar-refractivity contribution in [1.82, 2.24) is 15.7 Å². The van der Waals surface area contributed by atoms with Crippen LogP contribution in [0.1, 0.15) is 38.7 Å². The van der Waals surface area contributed by atoms with Crippen LogP contribution in [-0.2, 0) is 16.2 Å². The van der Waals surface area contributed by atoms with E-state index in [1.54, 1.807) is 6.92 Å². The maximum absolute atomic E-state index is 12.4. The molecule has 0 radical (unpaired) electrons. The molecule has 0 aliphatic carbocycles. The molecule has 23 heavy (non-hydrogen) atoms. The average molecular weight is 319 g/mol. The number of nitrogens with zero attached hydrogens (tertiary/aromatic N) is 1. The van der Waals surface area contributed by atoms with Gasteiger partial charge in [0.05, 0.1) is 6.61 Å². The molecule has 1 aliphatic heterocycles. The molecule has 2 rings (SSSR count). The fourth-order valence-corrected chi connectivity index (χ4v) is 2.72. The first-order valence-corrected chi connectivity index (χ1v) is 8.10. The number of likely N-dealkylation sites (tertiary alicyclic amines) is 1. The first kappa shape index (κ1) is 17.3. The zero-order chi connectivity index (χ0) is 16.7. The summed E-state index contributed by atoms with van der Waals surface area (Å²) in [6.45, 7) is 4.78. The third kappa shape index (κ3) is 5.25. The van der Waals surface area contributed by atoms with E-state index >= 15 is 0 Å². The number of nitrogens with one attached hydrogen (secondary N) is 2. The second-order valence-electron chi connectivity index (χ2n) is 5.95. The number of carbonyl (C=O) groups is 2. The molecular formula is C17H25N3O3. The van der Waals surface area contributed by atoms with Crippen LogP contribution < -0.4 is 10.8 Å². The molecule has 2 N–H and O–H groups in total. The lowest BCUT2D eigenvalue weighted by atomic mass is 10.0. The van der Waals surface area contributed by atoms with E-state index in [0.29, 0.717) is 0 Å². The van der Waals surface area contributed by atoms with Crippen LogP contribution in [0.25, 0.3) is 0 Å². The highest BCUT2D eigenvalue weighted by Gasteiger charge is 2.27. The molecule has 0 aromatic heterocycles. The number of hydrogen-bond donors (Lipinski definition) is 2. The average Bonchev–Trinajstić information content (AvgIpc) is 2.55. The van der Waals surface area contributed by atoms with Gasteiger partial charge >= 0.3 is 6.03 Å². The predicted octanol–water partition coefficient (Wildman–Crippen LogP) is 2.21. The molecule has 3 amide bonds. The molecule has 0 spiro atoms. The molecule has 1 aromatic carbocycles. The van der Waals surface area contributed by atoms with E-state index in [1.807, 2.05) is 42.2 Å². The highest BCUT2D eigenvalue weighted by molar-refractivity contribution is 5.86. The normalized spacial score (nSPS) is 19.0. The van der Waals surface area contributed by atoms with Gasteiger partial charge in [0.25, 0.3) is 0 Å². The molecule has 0 saturated carbocycles. The first-order chi connectivity index (χ1) is 11.1. The highest BCUT2D eigenvalue weighted by atomic mass is 16.7. The molecule has 2 unspecified atom stereocenters. The second-order valence-corrected chi connectivity index (χ2v) is 5.95. The Labute approximate surface area is 137 Å². The third-order valence-corrected chi connectivity index (χ3v) is 4.05. The molecule has 1 aliphatic rings. The van der Waals surface area contributed by atoms with E-state index in [-0.39, 0.29) is 18.6 Å². The van der Waals surface area contributed by atoms with Crippen LogP contribution in [0.15, 0.2) is 30.3 Å². The Balaban J connectivity index is 1.72. The monoisotopic (exact) mass is 319 g/mol. The van der Waals surface area contributed by atoms with Gasteiger partial charge in [0, 0.05) is 12.6 Å². The molecule has 126 valence electrons. The summed E-state index contributed by atoms with van der Waals surface area (Å²) >= 11 is 0. The Morgan fingerprint density at radius 3 is 2.74 bits per heavy atom. The lowest BCUT2D eigenvalue weighted by Crippen LogP contribution is -2.53. The summed E-state index contributed by atoms with van der Waals surface area (Å²) in [5.74, 6) is -0.0459. The molecule has 1 heterocycles. The van der Waals surface area contributed by atoms with Crippen molar-refractivity contribution in [3.05, 3.63) is 35.9 Å². The summed E-state index contributed by atoms with van der Waals surface area (Å²) in [6, 6.07) is 8.68. The van der Waals surface area contributed by atoms with Crippen molar-refractivity contribution in [2.75, 3.05) is 6.54 Å². The number of carbonyl (C=O) groups excluding carboxylic acids is 2. The summed E-state index contributed by atoms with van der Waals surface area (Å²) in [5, 5.41) is 2.62. The number of piperidine rings is 1. The van der Waals surface area contributed by atoms with Gasteiger partial charge in [0.2, 0.25) is 5.91 Å². The Morgan fingerprint density at radius 2 is 2.04 bits per heavy atom. The van der Waals surface area contributed by atoms with Gasteiger partial charge in [-0.1, -0.05) is 30.3 Å². The van der Waals surface area contributed by atoms with Crippen LogP contribution >= 0.6 is 0 Å². The molecule has 1 aromatic rings. The Hall–Kier alpha value is -2.08. The number of benzene rings is 1. The van der Waals surface area contributed by atoms with Crippen LogP contribution in [-0.4, -0.2) is 35.5 Å². The molecule has 6 nitrogen and oxygen atoms in total. The van der Waals surface area contributed by atoms with Crippen LogP contribution in [0.4, 0.5) is 4.79 Å². The number of urea groups is 1. The molecule has 1 fully saturated rings. The molecule has 6 heteroatoms. The zero-order valence-corrected chi connectivity index (χ0v) is 13.7. The van der Waals surface area contributed by atoms with E-state index in [9.17, 15) is 9.59 Å². The van der Waals surface area contributed by atoms with Gasteiger partial charge < -0.3 is 10.2 Å². The van der Waals surface area contributed by atoms with Gasteiger partial charge in [-0.15, -0.1) is 0 Å². The first-order valence-electron chi connectivity index (χ1n) is 8.10. The minimum Gasteiger partial charge on any atom is -0.338 e. The molecule has 0 bridgehead atoms. The van der Waals surface area contributed by atoms with Crippen molar-refractivity contribution in [3.63, 3.8) is 0 Å². The Kier molecular flexibility index (Phi) is 6.40. The van der Waals surface area contributed by atoms with Gasteiger partial charge in [-0.2, -0.15) is 0 Å². The largest absolute Gasteiger partial charge is 0.339 e. The smallest absolute Gasteiger partial charge is 0.338 e. The lowest BCUT2D eigenvalue weighted by molar-refractivity contribution is -0.136. The fourth-order valence-electron chi connectivity index (χ4n) is 2.72. The van der Waals surface area contributed by atoms with Gasteiger partial charge in [-0.05, 0) is 38.7 Å². The lowest BCUT2D eigenvalue weighted by Gasteiger charge is -2.35. The summed E-state index contributed by atoms with van der Waals surface area (Å²) in [6.07, 6.45) is 3.20. The number of amides is 3. The van der Waals surface area contributed by atoms with E-state index in [2.05, 4.69) is 10.8 Å². The van der Waals surface area contributed by atoms with Crippen molar-refractivity contribution in [2.45, 2.75) is 51.8 Å². The predicted molar refractivity (Wildman–Crippen MR) is 87.4 cm³/mol. The number of hydrogen-bond acceptors (Lipinski definition) is 3. The standard InChI is InChI=1S/C17H25N3O3/c1-13-8-6-7-11-20(13)16(21)14(2)18-17(22)19-23-12-15-9-4-3-5-10-15/h3-5,9-10,13-14H,6-8,11-12H2,1-2H3,(H2,18,19,22). The molecular weight excluding hydrogens is 294 g/mol. The highest BCUT2D eigenvalue weighted by Crippen LogP contribution is 2.17. The van der Waals surface area contributed by atoms with Crippen molar-refractivity contribution in [2.24, 2.45) is 0 Å². The minimum absolute atomic E-state index is 0.0459. The van der Waals surface area contributed by atoms with Crippen LogP contribution in [0.3, 0.4) is 0 Å². The van der Waals surface area contributed by atoms with Crippen LogP contribution in [0.5, 0.6) is 0 Å². The Bertz CT molecular complexity index is 521. The van der Waals surface area contributed by atoms with Crippen LogP contribution in [0.2, 0.25) is 0 Å². The number of hydroxylamine groups is 1. The van der Waals surface area contributed by atoms with E-state index < -0.39 is 12.1 Å². The summed E-state index contributed by atoms with van der Waals surface area (Å²) < 4.78 is 0. The van der Waals surface area contributed by atoms with Crippen molar-refractivity contribution < 1.29 is 14.4 Å². The van der Waals surface area contributed by atoms with Crippen molar-refractivity contribution in [1.29, 1.82) is 0 Å². The summed E-state index contributed by atoms with van der Waals surface area (Å²) in [5.41, 5.74) is 3.27. The Morgan fingerprint density at radius 1 is 1.30 bits per heavy atom. The minimum atomic E-state index is -0.573. The quantitative estimate of drug-likeness (QED) is 0.818.